The van der Waals surface area contributed by atoms with Crippen LogP contribution in [0.4, 0.5) is 0 Å². The molecule has 0 saturated heterocycles. The molecule has 1 heterocycles. The van der Waals surface area contributed by atoms with Crippen LogP contribution in [0.3, 0.4) is 0 Å². The van der Waals surface area contributed by atoms with Crippen LogP contribution < -0.4 is 5.73 Å². The number of carbonyl (C=O) groups excluding carboxylic acids is 1. The van der Waals surface area contributed by atoms with Gasteiger partial charge in [0.15, 0.2) is 0 Å². The maximum atomic E-state index is 11.2. The van der Waals surface area contributed by atoms with Gasteiger partial charge in [-0.2, -0.15) is 0 Å². The molecular formula is C12H12N2OS. The van der Waals surface area contributed by atoms with Crippen LogP contribution in [0.25, 0.3) is 10.6 Å². The molecule has 1 aromatic carbocycles. The number of hydrogen-bond acceptors (Lipinski definition) is 3. The van der Waals surface area contributed by atoms with E-state index in [1.165, 1.54) is 0 Å². The lowest BCUT2D eigenvalue weighted by Gasteiger charge is -2.06. The maximum absolute atomic E-state index is 11.2. The minimum Gasteiger partial charge on any atom is -0.366 e. The van der Waals surface area contributed by atoms with Crippen molar-refractivity contribution in [2.24, 2.45) is 5.73 Å². The average molecular weight is 232 g/mol. The Labute approximate surface area is 97.9 Å². The van der Waals surface area contributed by atoms with Gasteiger partial charge in [0, 0.05) is 22.2 Å². The summed E-state index contributed by atoms with van der Waals surface area (Å²) in [5.41, 5.74) is 8.73. The Morgan fingerprint density at radius 3 is 2.69 bits per heavy atom. The molecule has 4 heteroatoms. The zero-order chi connectivity index (χ0) is 11.7. The van der Waals surface area contributed by atoms with E-state index in [0.717, 1.165) is 21.8 Å². The zero-order valence-electron chi connectivity index (χ0n) is 9.15. The Balaban J connectivity index is 2.58. The number of primary amides is 1. The molecule has 0 bridgehead atoms. The van der Waals surface area contributed by atoms with E-state index in [2.05, 4.69) is 4.98 Å². The lowest BCUT2D eigenvalue weighted by molar-refractivity contribution is 0.1000. The lowest BCUT2D eigenvalue weighted by Crippen LogP contribution is -2.12. The van der Waals surface area contributed by atoms with Crippen molar-refractivity contribution in [1.82, 2.24) is 4.98 Å². The van der Waals surface area contributed by atoms with Crippen LogP contribution >= 0.6 is 11.3 Å². The summed E-state index contributed by atoms with van der Waals surface area (Å²) in [5, 5.41) is 2.92. The minimum absolute atomic E-state index is 0.396. The third-order valence-electron chi connectivity index (χ3n) is 2.45. The van der Waals surface area contributed by atoms with E-state index < -0.39 is 5.91 Å². The second-order valence-corrected chi connectivity index (χ2v) is 4.49. The van der Waals surface area contributed by atoms with Crippen LogP contribution in [0.15, 0.2) is 23.6 Å². The van der Waals surface area contributed by atoms with Crippen molar-refractivity contribution in [3.63, 3.8) is 0 Å². The molecule has 0 saturated carbocycles. The van der Waals surface area contributed by atoms with Crippen molar-refractivity contribution < 1.29 is 4.79 Å². The monoisotopic (exact) mass is 232 g/mol. The van der Waals surface area contributed by atoms with Crippen LogP contribution in [0.1, 0.15) is 21.6 Å². The normalized spacial score (nSPS) is 10.4. The minimum atomic E-state index is -0.396. The molecule has 0 radical (unpaired) electrons. The van der Waals surface area contributed by atoms with Crippen molar-refractivity contribution in [2.75, 3.05) is 0 Å². The van der Waals surface area contributed by atoms with Crippen molar-refractivity contribution in [3.05, 3.63) is 40.4 Å². The summed E-state index contributed by atoms with van der Waals surface area (Å²) in [4.78, 5) is 15.6. The van der Waals surface area contributed by atoms with Gasteiger partial charge in [0.1, 0.15) is 5.01 Å². The fourth-order valence-corrected chi connectivity index (χ4v) is 2.49. The molecule has 0 atom stereocenters. The van der Waals surface area contributed by atoms with Gasteiger partial charge >= 0.3 is 0 Å². The first-order valence-electron chi connectivity index (χ1n) is 4.91. The lowest BCUT2D eigenvalue weighted by atomic mass is 10.0. The van der Waals surface area contributed by atoms with Gasteiger partial charge in [-0.1, -0.05) is 12.1 Å². The Hall–Kier alpha value is -1.68. The Morgan fingerprint density at radius 2 is 2.12 bits per heavy atom. The number of nitrogens with zero attached hydrogens (tertiary/aromatic N) is 1. The quantitative estimate of drug-likeness (QED) is 0.865. The second kappa shape index (κ2) is 4.06. The molecule has 0 unspecified atom stereocenters. The number of aryl methyl sites for hydroxylation is 1. The molecule has 0 fully saturated rings. The number of thiazole rings is 1. The molecule has 1 aromatic heterocycles. The third kappa shape index (κ3) is 1.84. The summed E-state index contributed by atoms with van der Waals surface area (Å²) in [6, 6.07) is 5.53. The van der Waals surface area contributed by atoms with Crippen molar-refractivity contribution in [2.45, 2.75) is 13.8 Å². The molecule has 1 amide bonds. The first kappa shape index (κ1) is 10.8. The predicted octanol–water partition coefficient (Wildman–Crippen LogP) is 2.53. The van der Waals surface area contributed by atoms with E-state index >= 15 is 0 Å². The SMILES string of the molecule is Cc1csc(-c2cccc(C(N)=O)c2C)n1. The molecular weight excluding hydrogens is 220 g/mol. The van der Waals surface area contributed by atoms with Crippen LogP contribution in [-0.4, -0.2) is 10.9 Å². The van der Waals surface area contributed by atoms with Crippen LogP contribution in [0.5, 0.6) is 0 Å². The highest BCUT2D eigenvalue weighted by atomic mass is 32.1. The van der Waals surface area contributed by atoms with Gasteiger partial charge in [0.25, 0.3) is 0 Å². The highest BCUT2D eigenvalue weighted by molar-refractivity contribution is 7.13. The van der Waals surface area contributed by atoms with Crippen molar-refractivity contribution in [3.8, 4) is 10.6 Å². The molecule has 82 valence electrons. The van der Waals surface area contributed by atoms with Gasteiger partial charge in [0.2, 0.25) is 5.91 Å². The summed E-state index contributed by atoms with van der Waals surface area (Å²) >= 11 is 1.57. The number of amides is 1. The largest absolute Gasteiger partial charge is 0.366 e. The number of hydrogen-bond donors (Lipinski definition) is 1. The Morgan fingerprint density at radius 1 is 1.38 bits per heavy atom. The van der Waals surface area contributed by atoms with Gasteiger partial charge in [-0.15, -0.1) is 11.3 Å². The molecule has 16 heavy (non-hydrogen) atoms. The highest BCUT2D eigenvalue weighted by Gasteiger charge is 2.11. The molecule has 0 aliphatic rings. The number of aromatic nitrogens is 1. The third-order valence-corrected chi connectivity index (χ3v) is 3.44. The van der Waals surface area contributed by atoms with Crippen molar-refractivity contribution in [1.29, 1.82) is 0 Å². The van der Waals surface area contributed by atoms with E-state index in [-0.39, 0.29) is 0 Å². The van der Waals surface area contributed by atoms with E-state index in [9.17, 15) is 4.79 Å². The van der Waals surface area contributed by atoms with E-state index in [4.69, 9.17) is 5.73 Å². The van der Waals surface area contributed by atoms with Gasteiger partial charge in [-0.05, 0) is 25.5 Å². The first-order chi connectivity index (χ1) is 7.59. The van der Waals surface area contributed by atoms with Crippen molar-refractivity contribution >= 4 is 17.2 Å². The van der Waals surface area contributed by atoms with Gasteiger partial charge in [0.05, 0.1) is 0 Å². The topological polar surface area (TPSA) is 56.0 Å². The fraction of sp³-hybridized carbons (Fsp3) is 0.167. The second-order valence-electron chi connectivity index (χ2n) is 3.64. The summed E-state index contributed by atoms with van der Waals surface area (Å²) in [7, 11) is 0. The average Bonchev–Trinajstić information content (AvgIpc) is 2.64. The number of nitrogens with two attached hydrogens (primary N) is 1. The number of rotatable bonds is 2. The standard InChI is InChI=1S/C12H12N2OS/c1-7-6-16-12(14-7)10-5-3-4-9(8(10)2)11(13)15/h3-6H,1-2H3,(H2,13,15). The smallest absolute Gasteiger partial charge is 0.248 e. The molecule has 2 aromatic rings. The molecule has 0 aliphatic heterocycles. The Bertz CT molecular complexity index is 546. The maximum Gasteiger partial charge on any atom is 0.248 e. The zero-order valence-corrected chi connectivity index (χ0v) is 9.97. The fourth-order valence-electron chi connectivity index (χ4n) is 1.61. The number of benzene rings is 1. The predicted molar refractivity (Wildman–Crippen MR) is 65.5 cm³/mol. The van der Waals surface area contributed by atoms with Gasteiger partial charge in [-0.3, -0.25) is 4.79 Å². The summed E-state index contributed by atoms with van der Waals surface area (Å²) in [6.45, 7) is 3.85. The molecule has 2 rings (SSSR count). The number of carbonyl (C=O) groups is 1. The molecule has 0 aliphatic carbocycles. The molecule has 2 N–H and O–H groups in total. The summed E-state index contributed by atoms with van der Waals surface area (Å²) in [5.74, 6) is -0.396. The Kier molecular flexibility index (Phi) is 2.75. The summed E-state index contributed by atoms with van der Waals surface area (Å²) in [6.07, 6.45) is 0. The van der Waals surface area contributed by atoms with Crippen LogP contribution in [0.2, 0.25) is 0 Å². The van der Waals surface area contributed by atoms with Gasteiger partial charge < -0.3 is 5.73 Å². The molecule has 0 spiro atoms. The van der Waals surface area contributed by atoms with E-state index in [1.807, 2.05) is 31.4 Å². The molecule has 3 nitrogen and oxygen atoms in total. The summed E-state index contributed by atoms with van der Waals surface area (Å²) < 4.78 is 0. The van der Waals surface area contributed by atoms with Crippen LogP contribution in [-0.2, 0) is 0 Å². The van der Waals surface area contributed by atoms with Gasteiger partial charge in [-0.25, -0.2) is 4.98 Å². The highest BCUT2D eigenvalue weighted by Crippen LogP contribution is 2.28. The van der Waals surface area contributed by atoms with Crippen LogP contribution in [0, 0.1) is 13.8 Å². The van der Waals surface area contributed by atoms with E-state index in [0.29, 0.717) is 5.56 Å². The van der Waals surface area contributed by atoms with E-state index in [1.54, 1.807) is 17.4 Å². The first-order valence-corrected chi connectivity index (χ1v) is 5.79.